The predicted octanol–water partition coefficient (Wildman–Crippen LogP) is 1.90. The smallest absolute Gasteiger partial charge is 0.122 e. The topological polar surface area (TPSA) is 62.6 Å². The summed E-state index contributed by atoms with van der Waals surface area (Å²) in [4.78, 5) is 2.33. The Bertz CT molecular complexity index is 336. The Balaban J connectivity index is 2.19. The fourth-order valence-corrected chi connectivity index (χ4v) is 2.69. The molecule has 4 heteroatoms. The molecule has 1 saturated carbocycles. The highest BCUT2D eigenvalue weighted by Crippen LogP contribution is 2.34. The van der Waals surface area contributed by atoms with Gasteiger partial charge in [0.05, 0.1) is 18.9 Å². The zero-order valence-corrected chi connectivity index (χ0v) is 11.1. The quantitative estimate of drug-likeness (QED) is 0.778. The largest absolute Gasteiger partial charge is 0.468 e. The van der Waals surface area contributed by atoms with Crippen LogP contribution in [0.3, 0.4) is 0 Å². The first kappa shape index (κ1) is 13.6. The van der Waals surface area contributed by atoms with Gasteiger partial charge in [0.25, 0.3) is 0 Å². The standard InChI is InChI=1S/C14H24N2O2/c1-2-12(15)14(13-7-4-10-18-13)16(8-9-17)11-5-3-6-11/h4,7,10-12,14,17H,2-3,5-6,8-9,15H2,1H3. The summed E-state index contributed by atoms with van der Waals surface area (Å²) in [6.45, 7) is 2.94. The van der Waals surface area contributed by atoms with E-state index in [0.29, 0.717) is 12.6 Å². The van der Waals surface area contributed by atoms with Gasteiger partial charge in [0, 0.05) is 18.6 Å². The van der Waals surface area contributed by atoms with Crippen LogP contribution in [0.25, 0.3) is 0 Å². The summed E-state index contributed by atoms with van der Waals surface area (Å²) in [7, 11) is 0. The van der Waals surface area contributed by atoms with Crippen molar-refractivity contribution in [3.8, 4) is 0 Å². The zero-order chi connectivity index (χ0) is 13.0. The monoisotopic (exact) mass is 252 g/mol. The highest BCUT2D eigenvalue weighted by atomic mass is 16.3. The van der Waals surface area contributed by atoms with Crippen LogP contribution in [0.1, 0.15) is 44.4 Å². The Morgan fingerprint density at radius 1 is 1.56 bits per heavy atom. The van der Waals surface area contributed by atoms with Gasteiger partial charge in [0.2, 0.25) is 0 Å². The zero-order valence-electron chi connectivity index (χ0n) is 11.1. The molecule has 0 spiro atoms. The van der Waals surface area contributed by atoms with Crippen molar-refractivity contribution in [2.24, 2.45) is 5.73 Å². The molecule has 2 atom stereocenters. The van der Waals surface area contributed by atoms with Crippen LogP contribution in [0.5, 0.6) is 0 Å². The summed E-state index contributed by atoms with van der Waals surface area (Å²) in [5, 5.41) is 9.29. The molecule has 0 bridgehead atoms. The summed E-state index contributed by atoms with van der Waals surface area (Å²) >= 11 is 0. The minimum atomic E-state index is 0.0447. The number of furan rings is 1. The van der Waals surface area contributed by atoms with Gasteiger partial charge in [-0.15, -0.1) is 0 Å². The molecule has 1 aromatic heterocycles. The molecular weight excluding hydrogens is 228 g/mol. The Morgan fingerprint density at radius 3 is 2.78 bits per heavy atom. The van der Waals surface area contributed by atoms with Crippen LogP contribution in [-0.2, 0) is 0 Å². The van der Waals surface area contributed by atoms with Gasteiger partial charge in [-0.05, 0) is 31.4 Å². The first-order chi connectivity index (χ1) is 8.77. The van der Waals surface area contributed by atoms with Crippen molar-refractivity contribution in [1.82, 2.24) is 4.90 Å². The van der Waals surface area contributed by atoms with Crippen LogP contribution < -0.4 is 5.73 Å². The van der Waals surface area contributed by atoms with E-state index in [4.69, 9.17) is 10.2 Å². The van der Waals surface area contributed by atoms with Crippen molar-refractivity contribution in [2.45, 2.75) is 50.7 Å². The van der Waals surface area contributed by atoms with E-state index in [2.05, 4.69) is 11.8 Å². The molecule has 1 aliphatic carbocycles. The van der Waals surface area contributed by atoms with Gasteiger partial charge >= 0.3 is 0 Å². The highest BCUT2D eigenvalue weighted by Gasteiger charge is 2.35. The van der Waals surface area contributed by atoms with Crippen molar-refractivity contribution in [3.63, 3.8) is 0 Å². The van der Waals surface area contributed by atoms with Crippen LogP contribution in [0.4, 0.5) is 0 Å². The van der Waals surface area contributed by atoms with E-state index in [1.807, 2.05) is 12.1 Å². The van der Waals surface area contributed by atoms with Crippen molar-refractivity contribution in [2.75, 3.05) is 13.2 Å². The second-order valence-electron chi connectivity index (χ2n) is 5.08. The predicted molar refractivity (Wildman–Crippen MR) is 71.1 cm³/mol. The first-order valence-electron chi connectivity index (χ1n) is 6.93. The maximum atomic E-state index is 9.29. The van der Waals surface area contributed by atoms with Gasteiger partial charge in [-0.25, -0.2) is 0 Å². The molecule has 1 aliphatic rings. The third-order valence-corrected chi connectivity index (χ3v) is 3.97. The number of aliphatic hydroxyl groups excluding tert-OH is 1. The number of hydrogen-bond acceptors (Lipinski definition) is 4. The van der Waals surface area contributed by atoms with E-state index in [0.717, 1.165) is 12.2 Å². The lowest BCUT2D eigenvalue weighted by Gasteiger charge is -2.43. The number of rotatable bonds is 7. The summed E-state index contributed by atoms with van der Waals surface area (Å²) in [6, 6.07) is 4.57. The molecule has 4 nitrogen and oxygen atoms in total. The first-order valence-corrected chi connectivity index (χ1v) is 6.93. The van der Waals surface area contributed by atoms with Crippen LogP contribution in [-0.4, -0.2) is 35.2 Å². The van der Waals surface area contributed by atoms with Crippen molar-refractivity contribution >= 4 is 0 Å². The molecule has 0 aromatic carbocycles. The lowest BCUT2D eigenvalue weighted by Crippen LogP contribution is -2.49. The van der Waals surface area contributed by atoms with Crippen molar-refractivity contribution in [3.05, 3.63) is 24.2 Å². The van der Waals surface area contributed by atoms with Gasteiger partial charge in [-0.3, -0.25) is 4.90 Å². The molecule has 0 aliphatic heterocycles. The maximum absolute atomic E-state index is 9.29. The summed E-state index contributed by atoms with van der Waals surface area (Å²) in [5.41, 5.74) is 6.27. The molecule has 18 heavy (non-hydrogen) atoms. The highest BCUT2D eigenvalue weighted by molar-refractivity contribution is 5.09. The summed E-state index contributed by atoms with van der Waals surface area (Å²) < 4.78 is 5.56. The summed E-state index contributed by atoms with van der Waals surface area (Å²) in [5.74, 6) is 0.921. The van der Waals surface area contributed by atoms with E-state index in [-0.39, 0.29) is 18.7 Å². The van der Waals surface area contributed by atoms with Gasteiger partial charge in [-0.1, -0.05) is 13.3 Å². The van der Waals surface area contributed by atoms with Crippen LogP contribution in [0.2, 0.25) is 0 Å². The minimum Gasteiger partial charge on any atom is -0.468 e. The molecule has 1 fully saturated rings. The molecule has 3 N–H and O–H groups in total. The van der Waals surface area contributed by atoms with E-state index < -0.39 is 0 Å². The van der Waals surface area contributed by atoms with E-state index in [1.54, 1.807) is 6.26 Å². The average Bonchev–Trinajstić information content (AvgIpc) is 2.80. The molecule has 1 aromatic rings. The van der Waals surface area contributed by atoms with Crippen LogP contribution >= 0.6 is 0 Å². The molecule has 2 rings (SSSR count). The van der Waals surface area contributed by atoms with Gasteiger partial charge < -0.3 is 15.3 Å². The molecule has 0 radical (unpaired) electrons. The van der Waals surface area contributed by atoms with Crippen molar-refractivity contribution in [1.29, 1.82) is 0 Å². The van der Waals surface area contributed by atoms with Crippen LogP contribution in [0, 0.1) is 0 Å². The Hall–Kier alpha value is -0.840. The lowest BCUT2D eigenvalue weighted by atomic mass is 9.88. The normalized spacial score (nSPS) is 19.8. The Kier molecular flexibility index (Phi) is 4.80. The molecule has 0 amide bonds. The molecule has 102 valence electrons. The van der Waals surface area contributed by atoms with E-state index in [1.165, 1.54) is 19.3 Å². The van der Waals surface area contributed by atoms with Crippen LogP contribution in [0.15, 0.2) is 22.8 Å². The third kappa shape index (κ3) is 2.76. The van der Waals surface area contributed by atoms with Gasteiger partial charge in [0.15, 0.2) is 0 Å². The number of aliphatic hydroxyl groups is 1. The fourth-order valence-electron chi connectivity index (χ4n) is 2.69. The number of nitrogens with two attached hydrogens (primary N) is 1. The van der Waals surface area contributed by atoms with Crippen molar-refractivity contribution < 1.29 is 9.52 Å². The second kappa shape index (κ2) is 6.36. The average molecular weight is 252 g/mol. The summed E-state index contributed by atoms with van der Waals surface area (Å²) in [6.07, 6.45) is 6.28. The maximum Gasteiger partial charge on any atom is 0.122 e. The number of nitrogens with zero attached hydrogens (tertiary/aromatic N) is 1. The lowest BCUT2D eigenvalue weighted by molar-refractivity contribution is 0.0380. The molecular formula is C14H24N2O2. The SMILES string of the molecule is CCC(N)C(c1ccco1)N(CCO)C1CCC1. The molecule has 2 unspecified atom stereocenters. The van der Waals surface area contributed by atoms with Gasteiger partial charge in [0.1, 0.15) is 5.76 Å². The molecule has 1 heterocycles. The third-order valence-electron chi connectivity index (χ3n) is 3.97. The van der Waals surface area contributed by atoms with E-state index >= 15 is 0 Å². The molecule has 0 saturated heterocycles. The fraction of sp³-hybridized carbons (Fsp3) is 0.714. The minimum absolute atomic E-state index is 0.0447. The Morgan fingerprint density at radius 2 is 2.33 bits per heavy atom. The second-order valence-corrected chi connectivity index (χ2v) is 5.08. The van der Waals surface area contributed by atoms with Gasteiger partial charge in [-0.2, -0.15) is 0 Å². The Labute approximate surface area is 109 Å². The number of hydrogen-bond donors (Lipinski definition) is 2. The van der Waals surface area contributed by atoms with E-state index in [9.17, 15) is 5.11 Å².